The minimum Gasteiger partial charge on any atom is -0.349 e. The van der Waals surface area contributed by atoms with Gasteiger partial charge in [0.1, 0.15) is 0 Å². The molecular weight excluding hydrogens is 500 g/mol. The second-order valence-electron chi connectivity index (χ2n) is 9.93. The van der Waals surface area contributed by atoms with Gasteiger partial charge in [0.05, 0.1) is 50.2 Å². The lowest BCUT2D eigenvalue weighted by molar-refractivity contribution is 0.0919. The first-order valence-corrected chi connectivity index (χ1v) is 13.2. The summed E-state index contributed by atoms with van der Waals surface area (Å²) in [6.07, 6.45) is 8.56. The Morgan fingerprint density at radius 2 is 1.76 bits per heavy atom. The third-order valence-electron chi connectivity index (χ3n) is 7.45. The number of aromatic nitrogens is 5. The summed E-state index contributed by atoms with van der Waals surface area (Å²) in [4.78, 5) is 39.6. The van der Waals surface area contributed by atoms with Crippen LogP contribution in [-0.4, -0.2) is 36.0 Å². The van der Waals surface area contributed by atoms with Gasteiger partial charge < -0.3 is 5.32 Å². The molecule has 1 fully saturated rings. The Hall–Kier alpha value is -4.04. The van der Waals surface area contributed by atoms with Crippen LogP contribution in [0.3, 0.4) is 0 Å². The molecular formula is C29H27ClN6O2. The minimum absolute atomic E-state index is 0.0809. The number of para-hydroxylation sites is 2. The van der Waals surface area contributed by atoms with Gasteiger partial charge in [-0.3, -0.25) is 28.9 Å². The Bertz CT molecular complexity index is 1720. The molecule has 1 aliphatic carbocycles. The zero-order valence-corrected chi connectivity index (χ0v) is 21.7. The average molecular weight is 527 g/mol. The Labute approximate surface area is 224 Å². The molecule has 6 rings (SSSR count). The Morgan fingerprint density at radius 3 is 2.58 bits per heavy atom. The highest BCUT2D eigenvalue weighted by atomic mass is 35.5. The largest absolute Gasteiger partial charge is 0.349 e. The second-order valence-corrected chi connectivity index (χ2v) is 10.4. The summed E-state index contributed by atoms with van der Waals surface area (Å²) in [5, 5.41) is 3.59. The molecule has 1 aliphatic rings. The van der Waals surface area contributed by atoms with Gasteiger partial charge in [-0.25, -0.2) is 4.79 Å². The van der Waals surface area contributed by atoms with Gasteiger partial charge >= 0.3 is 5.69 Å². The van der Waals surface area contributed by atoms with Crippen LogP contribution in [0.4, 0.5) is 0 Å². The number of hydrogen-bond acceptors (Lipinski definition) is 5. The van der Waals surface area contributed by atoms with E-state index in [4.69, 9.17) is 11.6 Å². The van der Waals surface area contributed by atoms with Gasteiger partial charge in [0, 0.05) is 25.0 Å². The molecule has 0 bridgehead atoms. The number of pyridine rings is 3. The standard InChI is InChI=1S/C29H27ClN6O2/c1-18-23(13-20(30)15-32-18)28(37)34-21-10-8-19(9-11-21)17-35-26-6-2-3-7-27(26)36(29(35)38)22-14-25-24(33-16-22)5-4-12-31-25/h2-7,12-16,19,21H,8-11,17H2,1H3,(H,34,37). The van der Waals surface area contributed by atoms with Crippen molar-refractivity contribution in [2.24, 2.45) is 5.92 Å². The van der Waals surface area contributed by atoms with Crippen molar-refractivity contribution in [1.82, 2.24) is 29.4 Å². The van der Waals surface area contributed by atoms with Crippen molar-refractivity contribution in [3.8, 4) is 5.69 Å². The molecule has 38 heavy (non-hydrogen) atoms. The van der Waals surface area contributed by atoms with Gasteiger partial charge in [0.15, 0.2) is 0 Å². The quantitative estimate of drug-likeness (QED) is 0.344. The fourth-order valence-electron chi connectivity index (χ4n) is 5.45. The van der Waals surface area contributed by atoms with E-state index in [0.29, 0.717) is 34.4 Å². The van der Waals surface area contributed by atoms with E-state index in [1.165, 1.54) is 0 Å². The summed E-state index contributed by atoms with van der Waals surface area (Å²) in [6.45, 7) is 2.43. The van der Waals surface area contributed by atoms with Crippen LogP contribution in [0.5, 0.6) is 0 Å². The van der Waals surface area contributed by atoms with Crippen molar-refractivity contribution in [3.63, 3.8) is 0 Å². The van der Waals surface area contributed by atoms with Gasteiger partial charge in [-0.15, -0.1) is 0 Å². The molecule has 1 saturated carbocycles. The maximum atomic E-state index is 13.7. The monoisotopic (exact) mass is 526 g/mol. The van der Waals surface area contributed by atoms with Crippen molar-refractivity contribution in [1.29, 1.82) is 0 Å². The zero-order valence-electron chi connectivity index (χ0n) is 21.0. The van der Waals surface area contributed by atoms with E-state index in [0.717, 1.165) is 47.8 Å². The first-order chi connectivity index (χ1) is 18.5. The van der Waals surface area contributed by atoms with Crippen LogP contribution in [-0.2, 0) is 6.54 Å². The van der Waals surface area contributed by atoms with Crippen LogP contribution in [0.15, 0.2) is 71.9 Å². The first kappa shape index (κ1) is 24.3. The lowest BCUT2D eigenvalue weighted by Gasteiger charge is -2.29. The van der Waals surface area contributed by atoms with Crippen molar-refractivity contribution in [3.05, 3.63) is 93.9 Å². The van der Waals surface area contributed by atoms with Crippen LogP contribution in [0.25, 0.3) is 27.8 Å². The number of amides is 1. The van der Waals surface area contributed by atoms with Crippen molar-refractivity contribution >= 4 is 39.6 Å². The summed E-state index contributed by atoms with van der Waals surface area (Å²) >= 11 is 6.04. The summed E-state index contributed by atoms with van der Waals surface area (Å²) < 4.78 is 3.60. The third-order valence-corrected chi connectivity index (χ3v) is 7.66. The van der Waals surface area contributed by atoms with Crippen LogP contribution < -0.4 is 11.0 Å². The van der Waals surface area contributed by atoms with Gasteiger partial charge in [-0.2, -0.15) is 0 Å². The molecule has 0 spiro atoms. The normalized spacial score (nSPS) is 17.6. The minimum atomic E-state index is -0.140. The number of imidazole rings is 1. The smallest absolute Gasteiger partial charge is 0.333 e. The highest BCUT2D eigenvalue weighted by Crippen LogP contribution is 2.28. The molecule has 1 aromatic carbocycles. The highest BCUT2D eigenvalue weighted by molar-refractivity contribution is 6.30. The third kappa shape index (κ3) is 4.56. The Balaban J connectivity index is 1.21. The molecule has 5 aromatic rings. The number of halogens is 1. The first-order valence-electron chi connectivity index (χ1n) is 12.8. The number of carbonyl (C=O) groups is 1. The SMILES string of the molecule is Cc1ncc(Cl)cc1C(=O)NC1CCC(Cn2c(=O)n(-c3cnc4cccnc4c3)c3ccccc32)CC1. The fourth-order valence-corrected chi connectivity index (χ4v) is 5.61. The average Bonchev–Trinajstić information content (AvgIpc) is 3.21. The summed E-state index contributed by atoms with van der Waals surface area (Å²) in [7, 11) is 0. The number of nitrogens with one attached hydrogen (secondary N) is 1. The number of benzene rings is 1. The van der Waals surface area contributed by atoms with E-state index >= 15 is 0 Å². The predicted octanol–water partition coefficient (Wildman–Crippen LogP) is 5.08. The molecule has 4 aromatic heterocycles. The lowest BCUT2D eigenvalue weighted by atomic mass is 9.85. The number of carbonyl (C=O) groups excluding carboxylic acids is 1. The van der Waals surface area contributed by atoms with E-state index in [-0.39, 0.29) is 17.6 Å². The fraction of sp³-hybridized carbons (Fsp3) is 0.276. The summed E-state index contributed by atoms with van der Waals surface area (Å²) in [6, 6.07) is 15.3. The van der Waals surface area contributed by atoms with Crippen molar-refractivity contribution in [2.45, 2.75) is 45.2 Å². The molecule has 0 atom stereocenters. The summed E-state index contributed by atoms with van der Waals surface area (Å²) in [5.74, 6) is 0.199. The maximum absolute atomic E-state index is 13.7. The lowest BCUT2D eigenvalue weighted by Crippen LogP contribution is -2.39. The number of aryl methyl sites for hydroxylation is 1. The number of nitrogens with zero attached hydrogens (tertiary/aromatic N) is 5. The Morgan fingerprint density at radius 1 is 0.974 bits per heavy atom. The van der Waals surface area contributed by atoms with Crippen LogP contribution >= 0.6 is 11.6 Å². The zero-order chi connectivity index (χ0) is 26.2. The van der Waals surface area contributed by atoms with E-state index in [2.05, 4.69) is 20.3 Å². The summed E-state index contributed by atoms with van der Waals surface area (Å²) in [5.41, 5.74) is 5.08. The second kappa shape index (κ2) is 10.0. The molecule has 0 aliphatic heterocycles. The van der Waals surface area contributed by atoms with Gasteiger partial charge in [-0.05, 0) is 74.9 Å². The number of rotatable bonds is 5. The highest BCUT2D eigenvalue weighted by Gasteiger charge is 2.26. The number of hydrogen-bond donors (Lipinski definition) is 1. The Kier molecular flexibility index (Phi) is 6.41. The molecule has 192 valence electrons. The van der Waals surface area contributed by atoms with Crippen molar-refractivity contribution in [2.75, 3.05) is 0 Å². The van der Waals surface area contributed by atoms with Gasteiger partial charge in [0.25, 0.3) is 5.91 Å². The maximum Gasteiger partial charge on any atom is 0.333 e. The topological polar surface area (TPSA) is 94.7 Å². The molecule has 0 saturated heterocycles. The molecule has 1 N–H and O–H groups in total. The van der Waals surface area contributed by atoms with Gasteiger partial charge in [0.2, 0.25) is 0 Å². The molecule has 4 heterocycles. The van der Waals surface area contributed by atoms with E-state index in [1.54, 1.807) is 36.1 Å². The van der Waals surface area contributed by atoms with Gasteiger partial charge in [-0.1, -0.05) is 23.7 Å². The molecule has 8 nitrogen and oxygen atoms in total. The molecule has 0 unspecified atom stereocenters. The number of fused-ring (bicyclic) bond motifs is 2. The van der Waals surface area contributed by atoms with E-state index in [1.807, 2.05) is 47.0 Å². The molecule has 9 heteroatoms. The van der Waals surface area contributed by atoms with E-state index < -0.39 is 0 Å². The van der Waals surface area contributed by atoms with Crippen LogP contribution in [0.1, 0.15) is 41.7 Å². The van der Waals surface area contributed by atoms with E-state index in [9.17, 15) is 9.59 Å². The molecule has 1 amide bonds. The van der Waals surface area contributed by atoms with Crippen LogP contribution in [0.2, 0.25) is 5.02 Å². The molecule has 0 radical (unpaired) electrons. The van der Waals surface area contributed by atoms with Crippen molar-refractivity contribution < 1.29 is 4.79 Å². The predicted molar refractivity (Wildman–Crippen MR) is 148 cm³/mol. The van der Waals surface area contributed by atoms with Crippen LogP contribution in [0, 0.1) is 12.8 Å².